The summed E-state index contributed by atoms with van der Waals surface area (Å²) in [5, 5.41) is 0.542. The molecule has 0 saturated carbocycles. The van der Waals surface area contributed by atoms with Gasteiger partial charge in [-0.15, -0.1) is 0 Å². The lowest BCUT2D eigenvalue weighted by molar-refractivity contribution is -0.124. The van der Waals surface area contributed by atoms with Gasteiger partial charge in [0.1, 0.15) is 11.4 Å². The van der Waals surface area contributed by atoms with Crippen molar-refractivity contribution in [2.75, 3.05) is 11.4 Å². The zero-order chi connectivity index (χ0) is 24.2. The Kier molecular flexibility index (Phi) is 3.78. The molecule has 1 aromatic heterocycles. The Morgan fingerprint density at radius 3 is 2.44 bits per heavy atom. The van der Waals surface area contributed by atoms with E-state index < -0.39 is 17.4 Å². The first-order valence-electron chi connectivity index (χ1n) is 12.5. The molecule has 4 aliphatic rings. The average molecular weight is 475 g/mol. The molecule has 176 valence electrons. The van der Waals surface area contributed by atoms with E-state index in [1.165, 1.54) is 4.90 Å². The van der Waals surface area contributed by atoms with Gasteiger partial charge in [-0.2, -0.15) is 0 Å². The lowest BCUT2D eigenvalue weighted by Gasteiger charge is -2.38. The molecule has 7 heteroatoms. The Hall–Kier alpha value is -4.10. The summed E-state index contributed by atoms with van der Waals surface area (Å²) >= 11 is 0. The third-order valence-electron chi connectivity index (χ3n) is 8.65. The Morgan fingerprint density at radius 1 is 0.833 bits per heavy atom. The molecule has 7 nitrogen and oxygen atoms in total. The van der Waals surface area contributed by atoms with E-state index in [1.807, 2.05) is 72.8 Å². The van der Waals surface area contributed by atoms with E-state index in [-0.39, 0.29) is 23.4 Å². The quantitative estimate of drug-likeness (QED) is 0.396. The topological polar surface area (TPSA) is 75.5 Å². The largest absolute Gasteiger partial charge is 0.283 e. The molecule has 1 spiro atoms. The summed E-state index contributed by atoms with van der Waals surface area (Å²) in [7, 11) is 0. The minimum Gasteiger partial charge on any atom is -0.283 e. The summed E-state index contributed by atoms with van der Waals surface area (Å²) in [6, 6.07) is 24.3. The first kappa shape index (κ1) is 20.1. The molecule has 3 aromatic carbocycles. The molecule has 5 heterocycles. The van der Waals surface area contributed by atoms with Crippen LogP contribution in [0.15, 0.2) is 83.7 Å². The monoisotopic (exact) mass is 474 g/mol. The number of carbonyl (C=O) groups excluding carboxylic acids is 2. The summed E-state index contributed by atoms with van der Waals surface area (Å²) in [5.41, 5.74) is 1.73. The molecule has 2 amide bonds. The summed E-state index contributed by atoms with van der Waals surface area (Å²) in [5.74, 6) is -0.940. The number of carbonyl (C=O) groups is 2. The molecule has 0 unspecified atom stereocenters. The molecule has 3 fully saturated rings. The lowest BCUT2D eigenvalue weighted by atomic mass is 9.75. The van der Waals surface area contributed by atoms with Crippen molar-refractivity contribution < 1.29 is 9.59 Å². The highest BCUT2D eigenvalue weighted by Crippen LogP contribution is 2.62. The second-order valence-corrected chi connectivity index (χ2v) is 10.1. The maximum Gasteiger partial charge on any atom is 0.266 e. The number of para-hydroxylation sites is 3. The van der Waals surface area contributed by atoms with E-state index in [4.69, 9.17) is 4.98 Å². The number of hydrogen-bond acceptors (Lipinski definition) is 5. The Labute approximate surface area is 206 Å². The van der Waals surface area contributed by atoms with E-state index >= 15 is 0 Å². The maximum absolute atomic E-state index is 14.3. The molecular formula is C29H22N4O3. The molecule has 3 saturated heterocycles. The summed E-state index contributed by atoms with van der Waals surface area (Å²) in [4.78, 5) is 51.0. The molecule has 4 aliphatic heterocycles. The zero-order valence-corrected chi connectivity index (χ0v) is 19.4. The first-order chi connectivity index (χ1) is 17.6. The van der Waals surface area contributed by atoms with Gasteiger partial charge in [0.25, 0.3) is 5.56 Å². The summed E-state index contributed by atoms with van der Waals surface area (Å²) in [6.07, 6.45) is 1.77. The van der Waals surface area contributed by atoms with E-state index in [2.05, 4.69) is 4.90 Å². The van der Waals surface area contributed by atoms with Crippen LogP contribution in [0.2, 0.25) is 0 Å². The predicted molar refractivity (Wildman–Crippen MR) is 134 cm³/mol. The fourth-order valence-corrected chi connectivity index (χ4v) is 7.45. The van der Waals surface area contributed by atoms with Crippen molar-refractivity contribution in [1.29, 1.82) is 0 Å². The Morgan fingerprint density at radius 2 is 1.58 bits per heavy atom. The number of nitrogens with zero attached hydrogens (tertiary/aromatic N) is 4. The van der Waals surface area contributed by atoms with E-state index in [0.717, 1.165) is 30.6 Å². The second kappa shape index (κ2) is 6.77. The Bertz CT molecular complexity index is 1680. The molecule has 4 atom stereocenters. The van der Waals surface area contributed by atoms with Gasteiger partial charge in [0.05, 0.1) is 34.1 Å². The molecule has 36 heavy (non-hydrogen) atoms. The van der Waals surface area contributed by atoms with Crippen molar-refractivity contribution in [3.8, 4) is 5.69 Å². The number of imide groups is 1. The molecule has 0 N–H and O–H groups in total. The highest BCUT2D eigenvalue weighted by atomic mass is 16.2. The van der Waals surface area contributed by atoms with Crippen LogP contribution < -0.4 is 10.5 Å². The number of hydrogen-bond donors (Lipinski definition) is 0. The number of anilines is 1. The Balaban J connectivity index is 1.47. The average Bonchev–Trinajstić information content (AvgIpc) is 3.62. The molecule has 4 aromatic rings. The van der Waals surface area contributed by atoms with Crippen LogP contribution in [0, 0.1) is 11.8 Å². The van der Waals surface area contributed by atoms with Crippen LogP contribution in [0.1, 0.15) is 24.2 Å². The van der Waals surface area contributed by atoms with Crippen LogP contribution in [0.3, 0.4) is 0 Å². The van der Waals surface area contributed by atoms with Gasteiger partial charge < -0.3 is 0 Å². The van der Waals surface area contributed by atoms with Gasteiger partial charge in [0.2, 0.25) is 11.8 Å². The number of benzene rings is 3. The van der Waals surface area contributed by atoms with Gasteiger partial charge in [0, 0.05) is 11.6 Å². The van der Waals surface area contributed by atoms with E-state index in [0.29, 0.717) is 22.4 Å². The molecular weight excluding hydrogens is 452 g/mol. The maximum atomic E-state index is 14.3. The van der Waals surface area contributed by atoms with Gasteiger partial charge >= 0.3 is 0 Å². The van der Waals surface area contributed by atoms with Crippen molar-refractivity contribution in [2.24, 2.45) is 11.8 Å². The first-order valence-corrected chi connectivity index (χ1v) is 12.5. The van der Waals surface area contributed by atoms with Crippen LogP contribution >= 0.6 is 0 Å². The predicted octanol–water partition coefficient (Wildman–Crippen LogP) is 3.23. The van der Waals surface area contributed by atoms with Crippen molar-refractivity contribution in [1.82, 2.24) is 14.5 Å². The van der Waals surface area contributed by atoms with Crippen LogP contribution in [0.5, 0.6) is 0 Å². The van der Waals surface area contributed by atoms with Gasteiger partial charge in [-0.3, -0.25) is 23.9 Å². The number of fused-ring (bicyclic) bond motifs is 11. The van der Waals surface area contributed by atoms with Crippen molar-refractivity contribution in [3.63, 3.8) is 0 Å². The van der Waals surface area contributed by atoms with Crippen LogP contribution in [-0.4, -0.2) is 38.9 Å². The number of rotatable bonds is 1. The molecule has 0 bridgehead atoms. The molecule has 0 aliphatic carbocycles. The third-order valence-corrected chi connectivity index (χ3v) is 8.65. The van der Waals surface area contributed by atoms with Crippen LogP contribution in [0.25, 0.3) is 16.6 Å². The molecule has 0 radical (unpaired) electrons. The van der Waals surface area contributed by atoms with Gasteiger partial charge in [-0.25, -0.2) is 9.88 Å². The second-order valence-electron chi connectivity index (χ2n) is 10.1. The summed E-state index contributed by atoms with van der Waals surface area (Å²) in [6.45, 7) is 0.751. The number of aromatic nitrogens is 2. The van der Waals surface area contributed by atoms with Crippen molar-refractivity contribution in [2.45, 2.75) is 24.4 Å². The van der Waals surface area contributed by atoms with Crippen LogP contribution in [-0.2, 0) is 15.1 Å². The normalized spacial score (nSPS) is 28.1. The fourth-order valence-electron chi connectivity index (χ4n) is 7.45. The fraction of sp³-hybridized carbons (Fsp3) is 0.241. The number of amides is 2. The lowest BCUT2D eigenvalue weighted by Crippen LogP contribution is -2.51. The minimum atomic E-state index is -0.970. The van der Waals surface area contributed by atoms with E-state index in [1.54, 1.807) is 10.6 Å². The van der Waals surface area contributed by atoms with Gasteiger partial charge in [-0.1, -0.05) is 48.5 Å². The standard InChI is InChI=1S/C29H22N4O3/c34-25-18-11-4-6-13-20(18)30-28-29(19-12-5-7-14-21(19)33(25)28)24-23(22-15-8-16-31(22)29)26(35)32(27(24)36)17-9-2-1-3-10-17/h1-7,9-14,22-24H,8,15-16H2/t22-,23-,24+,29+/m0/s1. The smallest absolute Gasteiger partial charge is 0.266 e. The van der Waals surface area contributed by atoms with Crippen molar-refractivity contribution >= 4 is 28.4 Å². The summed E-state index contributed by atoms with van der Waals surface area (Å²) < 4.78 is 1.69. The highest BCUT2D eigenvalue weighted by molar-refractivity contribution is 6.23. The SMILES string of the molecule is O=C1[C@H]2[C@@H]3CCCN3[C@]3(c4ccccc4-n4c3nc3ccccc3c4=O)[C@H]2C(=O)N1c1ccccc1. The van der Waals surface area contributed by atoms with Gasteiger partial charge in [0.15, 0.2) is 0 Å². The molecule has 8 rings (SSSR count). The highest BCUT2D eigenvalue weighted by Gasteiger charge is 2.73. The van der Waals surface area contributed by atoms with Gasteiger partial charge in [-0.05, 0) is 49.7 Å². The van der Waals surface area contributed by atoms with Crippen LogP contribution in [0.4, 0.5) is 5.69 Å². The van der Waals surface area contributed by atoms with E-state index in [9.17, 15) is 14.4 Å². The zero-order valence-electron chi connectivity index (χ0n) is 19.4. The van der Waals surface area contributed by atoms with Crippen molar-refractivity contribution in [3.05, 3.63) is 101 Å². The minimum absolute atomic E-state index is 0.0804. The third kappa shape index (κ3) is 2.14.